The van der Waals surface area contributed by atoms with Crippen LogP contribution in [-0.2, 0) is 24.3 Å². The highest BCUT2D eigenvalue weighted by molar-refractivity contribution is 6.12. The van der Waals surface area contributed by atoms with Crippen LogP contribution in [0, 0.1) is 6.92 Å². The van der Waals surface area contributed by atoms with Gasteiger partial charge in [-0.3, -0.25) is 14.5 Å². The zero-order valence-electron chi connectivity index (χ0n) is 23.5. The van der Waals surface area contributed by atoms with Gasteiger partial charge in [0.15, 0.2) is 5.82 Å². The number of anilines is 1. The van der Waals surface area contributed by atoms with E-state index in [-0.39, 0.29) is 11.4 Å². The number of benzene rings is 1. The van der Waals surface area contributed by atoms with Gasteiger partial charge in [0, 0.05) is 43.5 Å². The van der Waals surface area contributed by atoms with E-state index in [1.807, 2.05) is 52.1 Å². The number of nitrogens with one attached hydrogen (secondary N) is 2. The number of hydrogen-bond donors (Lipinski definition) is 3. The van der Waals surface area contributed by atoms with E-state index in [4.69, 9.17) is 5.73 Å². The minimum absolute atomic E-state index is 0.252. The zero-order chi connectivity index (χ0) is 27.7. The number of nitrogens with zero attached hydrogens (tertiary/aromatic N) is 4. The van der Waals surface area contributed by atoms with Crippen molar-refractivity contribution < 1.29 is 4.79 Å². The molecule has 1 aliphatic rings. The van der Waals surface area contributed by atoms with Gasteiger partial charge < -0.3 is 16.4 Å². The molecule has 0 bridgehead atoms. The van der Waals surface area contributed by atoms with E-state index >= 15 is 0 Å². The van der Waals surface area contributed by atoms with Crippen LogP contribution in [0.4, 0.5) is 5.82 Å². The SMILES string of the molecule is CC/C=C/N=C(/C=C(\C)c1ccc(CNC(=O)C(C=NC(C)(C)C)=CN)c(C)c1)Nc1cc2n(n1)CCC2. The van der Waals surface area contributed by atoms with Crippen molar-refractivity contribution in [3.8, 4) is 0 Å². The Kier molecular flexibility index (Phi) is 9.82. The van der Waals surface area contributed by atoms with Crippen molar-refractivity contribution in [1.82, 2.24) is 15.1 Å². The maximum Gasteiger partial charge on any atom is 0.254 e. The second-order valence-electron chi connectivity index (χ2n) is 10.5. The molecule has 38 heavy (non-hydrogen) atoms. The molecule has 0 saturated carbocycles. The number of aliphatic imine (C=N–C) groups is 2. The van der Waals surface area contributed by atoms with Crippen LogP contribution in [0.3, 0.4) is 0 Å². The third-order valence-electron chi connectivity index (χ3n) is 6.10. The van der Waals surface area contributed by atoms with E-state index in [0.29, 0.717) is 12.1 Å². The van der Waals surface area contributed by atoms with Crippen molar-refractivity contribution in [2.75, 3.05) is 5.32 Å². The molecule has 1 aromatic carbocycles. The third-order valence-corrected chi connectivity index (χ3v) is 6.10. The molecule has 8 heteroatoms. The quantitative estimate of drug-likeness (QED) is 0.239. The van der Waals surface area contributed by atoms with Crippen molar-refractivity contribution >= 4 is 29.3 Å². The van der Waals surface area contributed by atoms with Gasteiger partial charge in [-0.05, 0) is 82.2 Å². The highest BCUT2D eigenvalue weighted by Gasteiger charge is 2.14. The molecule has 2 aromatic rings. The predicted molar refractivity (Wildman–Crippen MR) is 158 cm³/mol. The van der Waals surface area contributed by atoms with Crippen LogP contribution < -0.4 is 16.4 Å². The number of fused-ring (bicyclic) bond motifs is 1. The lowest BCUT2D eigenvalue weighted by Gasteiger charge is -2.13. The van der Waals surface area contributed by atoms with Gasteiger partial charge in [0.05, 0.1) is 11.1 Å². The highest BCUT2D eigenvalue weighted by Crippen LogP contribution is 2.21. The fourth-order valence-electron chi connectivity index (χ4n) is 3.94. The van der Waals surface area contributed by atoms with E-state index in [0.717, 1.165) is 59.7 Å². The number of nitrogens with two attached hydrogens (primary N) is 1. The number of rotatable bonds is 9. The van der Waals surface area contributed by atoms with Crippen LogP contribution >= 0.6 is 0 Å². The van der Waals surface area contributed by atoms with E-state index in [1.165, 1.54) is 18.1 Å². The highest BCUT2D eigenvalue weighted by atomic mass is 16.1. The summed E-state index contributed by atoms with van der Waals surface area (Å²) in [6.07, 6.45) is 11.8. The van der Waals surface area contributed by atoms with Crippen molar-refractivity contribution in [2.24, 2.45) is 15.7 Å². The largest absolute Gasteiger partial charge is 0.404 e. The number of hydrogen-bond acceptors (Lipinski definition) is 5. The summed E-state index contributed by atoms with van der Waals surface area (Å²) in [6, 6.07) is 8.33. The van der Waals surface area contributed by atoms with Crippen LogP contribution in [0.15, 0.2) is 64.4 Å². The number of amidine groups is 1. The first-order valence-corrected chi connectivity index (χ1v) is 13.2. The maximum absolute atomic E-state index is 12.6. The van der Waals surface area contributed by atoms with Gasteiger partial charge in [0.2, 0.25) is 0 Å². The molecule has 0 fully saturated rings. The summed E-state index contributed by atoms with van der Waals surface area (Å²) in [5.41, 5.74) is 11.2. The molecule has 1 aromatic heterocycles. The van der Waals surface area contributed by atoms with Gasteiger partial charge in [0.1, 0.15) is 5.84 Å². The van der Waals surface area contributed by atoms with Crippen molar-refractivity contribution in [3.63, 3.8) is 0 Å². The van der Waals surface area contributed by atoms with Crippen LogP contribution in [-0.4, -0.2) is 33.3 Å². The second kappa shape index (κ2) is 13.0. The minimum atomic E-state index is -0.280. The summed E-state index contributed by atoms with van der Waals surface area (Å²) < 4.78 is 2.06. The molecule has 8 nitrogen and oxygen atoms in total. The fraction of sp³-hybridized carbons (Fsp3) is 0.400. The average Bonchev–Trinajstić information content (AvgIpc) is 3.45. The Balaban J connectivity index is 1.71. The molecule has 4 N–H and O–H groups in total. The van der Waals surface area contributed by atoms with Gasteiger partial charge in [-0.15, -0.1) is 0 Å². The third kappa shape index (κ3) is 8.30. The Hall–Kier alpha value is -3.94. The van der Waals surface area contributed by atoms with Gasteiger partial charge in [0.25, 0.3) is 5.91 Å². The standard InChI is InChI=1S/C30H41N7O/c1-7-8-13-32-27(35-28-17-26-10-9-14-37(26)36-28)16-22(3)23-11-12-24(21(2)15-23)19-33-29(38)25(18-31)20-34-30(4,5)6/h8,11-13,15-18,20H,7,9-10,14,19,31H2,1-6H3,(H,33,38)(H,32,35,36)/b13-8+,22-16+,25-18?,34-20?. The molecule has 0 unspecified atom stereocenters. The fourth-order valence-corrected chi connectivity index (χ4v) is 3.94. The Labute approximate surface area is 226 Å². The Bertz CT molecular complexity index is 1260. The van der Waals surface area contributed by atoms with Crippen LogP contribution in [0.5, 0.6) is 0 Å². The predicted octanol–water partition coefficient (Wildman–Crippen LogP) is 5.30. The summed E-state index contributed by atoms with van der Waals surface area (Å²) in [5.74, 6) is 1.29. The van der Waals surface area contributed by atoms with E-state index in [2.05, 4.69) is 62.4 Å². The molecular formula is C30H41N7O. The normalized spacial score (nSPS) is 14.9. The monoisotopic (exact) mass is 515 g/mol. The van der Waals surface area contributed by atoms with Crippen molar-refractivity contribution in [3.05, 3.63) is 76.8 Å². The van der Waals surface area contributed by atoms with Crippen LogP contribution in [0.1, 0.15) is 69.8 Å². The average molecular weight is 516 g/mol. The lowest BCUT2D eigenvalue weighted by atomic mass is 10.00. The lowest BCUT2D eigenvalue weighted by molar-refractivity contribution is -0.117. The number of amides is 1. The van der Waals surface area contributed by atoms with E-state index < -0.39 is 0 Å². The number of aromatic nitrogens is 2. The second-order valence-corrected chi connectivity index (χ2v) is 10.5. The van der Waals surface area contributed by atoms with Gasteiger partial charge in [-0.25, -0.2) is 4.99 Å². The molecule has 0 aliphatic carbocycles. The smallest absolute Gasteiger partial charge is 0.254 e. The number of carbonyl (C=O) groups excluding carboxylic acids is 1. The van der Waals surface area contributed by atoms with Gasteiger partial charge in [-0.1, -0.05) is 31.2 Å². The summed E-state index contributed by atoms with van der Waals surface area (Å²) >= 11 is 0. The van der Waals surface area contributed by atoms with Crippen LogP contribution in [0.2, 0.25) is 0 Å². The Morgan fingerprint density at radius 3 is 2.71 bits per heavy atom. The van der Waals surface area contributed by atoms with E-state index in [1.54, 1.807) is 0 Å². The maximum atomic E-state index is 12.6. The molecule has 3 rings (SSSR count). The van der Waals surface area contributed by atoms with Gasteiger partial charge in [-0.2, -0.15) is 5.10 Å². The Morgan fingerprint density at radius 2 is 2.05 bits per heavy atom. The van der Waals surface area contributed by atoms with Crippen molar-refractivity contribution in [1.29, 1.82) is 0 Å². The van der Waals surface area contributed by atoms with Gasteiger partial charge >= 0.3 is 0 Å². The summed E-state index contributed by atoms with van der Waals surface area (Å²) in [5, 5.41) is 11.0. The molecule has 0 saturated heterocycles. The molecular weight excluding hydrogens is 474 g/mol. The number of carbonyl (C=O) groups is 1. The first-order valence-electron chi connectivity index (χ1n) is 13.2. The molecule has 1 amide bonds. The first-order chi connectivity index (χ1) is 18.1. The number of aryl methyl sites for hydroxylation is 3. The zero-order valence-corrected chi connectivity index (χ0v) is 23.5. The van der Waals surface area contributed by atoms with E-state index in [9.17, 15) is 4.79 Å². The summed E-state index contributed by atoms with van der Waals surface area (Å²) in [4.78, 5) is 21.6. The Morgan fingerprint density at radius 1 is 1.26 bits per heavy atom. The topological polar surface area (TPSA) is 110 Å². The van der Waals surface area contributed by atoms with Crippen molar-refractivity contribution in [2.45, 2.75) is 79.4 Å². The first kappa shape index (κ1) is 28.6. The molecule has 202 valence electrons. The molecule has 1 aliphatic heterocycles. The summed E-state index contributed by atoms with van der Waals surface area (Å²) in [7, 11) is 0. The summed E-state index contributed by atoms with van der Waals surface area (Å²) in [6.45, 7) is 13.5. The molecule has 0 spiro atoms. The van der Waals surface area contributed by atoms with Crippen LogP contribution in [0.25, 0.3) is 5.57 Å². The lowest BCUT2D eigenvalue weighted by Crippen LogP contribution is -2.26. The number of allylic oxidation sites excluding steroid dienone is 2. The molecule has 0 atom stereocenters. The minimum Gasteiger partial charge on any atom is -0.404 e. The molecule has 0 radical (unpaired) electrons. The molecule has 2 heterocycles.